The third-order valence-corrected chi connectivity index (χ3v) is 4.94. The molecule has 2 N–H and O–H groups in total. The van der Waals surface area contributed by atoms with Gasteiger partial charge >= 0.3 is 5.97 Å². The monoisotopic (exact) mass is 335 g/mol. The Hall–Kier alpha value is -1.49. The zero-order valence-corrected chi connectivity index (χ0v) is 14.2. The number of hydrogen-bond acceptors (Lipinski definition) is 3. The van der Waals surface area contributed by atoms with Gasteiger partial charge in [-0.1, -0.05) is 43.5 Å². The van der Waals surface area contributed by atoms with Crippen molar-refractivity contribution >= 4 is 24.5 Å². The molecular weight excluding hydrogens is 310 g/mol. The fourth-order valence-electron chi connectivity index (χ4n) is 3.08. The molecule has 0 aromatic heterocycles. The highest BCUT2D eigenvalue weighted by Gasteiger charge is 2.25. The van der Waals surface area contributed by atoms with E-state index in [0.29, 0.717) is 12.2 Å². The summed E-state index contributed by atoms with van der Waals surface area (Å²) in [5.41, 5.74) is 2.21. The van der Waals surface area contributed by atoms with Crippen molar-refractivity contribution in [2.45, 2.75) is 51.0 Å². The molecule has 0 bridgehead atoms. The summed E-state index contributed by atoms with van der Waals surface area (Å²) in [4.78, 5) is 23.9. The van der Waals surface area contributed by atoms with Gasteiger partial charge in [0.15, 0.2) is 0 Å². The van der Waals surface area contributed by atoms with Crippen LogP contribution in [-0.4, -0.2) is 28.8 Å². The first kappa shape index (κ1) is 17.9. The fraction of sp³-hybridized carbons (Fsp3) is 0.556. The molecule has 2 atom stereocenters. The molecule has 1 aromatic rings. The number of carbonyl (C=O) groups is 2. The van der Waals surface area contributed by atoms with Crippen LogP contribution in [0.15, 0.2) is 24.3 Å². The van der Waals surface area contributed by atoms with Gasteiger partial charge in [0.1, 0.15) is 6.04 Å². The molecule has 0 aliphatic carbocycles. The van der Waals surface area contributed by atoms with Crippen LogP contribution in [0.2, 0.25) is 0 Å². The largest absolute Gasteiger partial charge is 0.480 e. The van der Waals surface area contributed by atoms with Crippen LogP contribution in [0, 0.1) is 5.92 Å². The fourth-order valence-corrected chi connectivity index (χ4v) is 3.42. The number of carboxylic acid groups (broad SMARTS) is 1. The van der Waals surface area contributed by atoms with Crippen molar-refractivity contribution in [2.24, 2.45) is 5.92 Å². The van der Waals surface area contributed by atoms with Crippen LogP contribution >= 0.6 is 12.6 Å². The maximum absolute atomic E-state index is 12.4. The summed E-state index contributed by atoms with van der Waals surface area (Å²) in [7, 11) is 0. The average molecular weight is 335 g/mol. The molecule has 2 rings (SSSR count). The number of nitrogens with one attached hydrogen (secondary N) is 1. The van der Waals surface area contributed by atoms with E-state index in [1.807, 2.05) is 18.2 Å². The topological polar surface area (TPSA) is 66.4 Å². The van der Waals surface area contributed by atoms with E-state index in [2.05, 4.69) is 24.0 Å². The van der Waals surface area contributed by atoms with Crippen LogP contribution in [0.5, 0.6) is 0 Å². The Kier molecular flexibility index (Phi) is 6.96. The second-order valence-corrected chi connectivity index (χ2v) is 6.57. The third kappa shape index (κ3) is 5.27. The van der Waals surface area contributed by atoms with Crippen LogP contribution in [0.4, 0.5) is 0 Å². The molecule has 0 saturated heterocycles. The minimum Gasteiger partial charge on any atom is -0.480 e. The lowest BCUT2D eigenvalue weighted by Crippen LogP contribution is -2.45. The van der Waals surface area contributed by atoms with E-state index in [-0.39, 0.29) is 11.8 Å². The summed E-state index contributed by atoms with van der Waals surface area (Å²) in [6, 6.07) is 7.06. The number of benzene rings is 1. The zero-order chi connectivity index (χ0) is 16.7. The molecule has 4 nitrogen and oxygen atoms in total. The molecule has 0 unspecified atom stereocenters. The number of thiol groups is 1. The number of rotatable bonds is 2. The van der Waals surface area contributed by atoms with Gasteiger partial charge in [-0.15, -0.1) is 0 Å². The van der Waals surface area contributed by atoms with Crippen LogP contribution in [0.1, 0.15) is 43.2 Å². The summed E-state index contributed by atoms with van der Waals surface area (Å²) in [6.07, 6.45) is 6.39. The predicted molar refractivity (Wildman–Crippen MR) is 93.8 cm³/mol. The van der Waals surface area contributed by atoms with Gasteiger partial charge in [0.2, 0.25) is 5.91 Å². The van der Waals surface area contributed by atoms with Crippen LogP contribution in [0.3, 0.4) is 0 Å². The quantitative estimate of drug-likeness (QED) is 0.728. The first-order valence-corrected chi connectivity index (χ1v) is 8.96. The molecule has 23 heavy (non-hydrogen) atoms. The lowest BCUT2D eigenvalue weighted by molar-refractivity contribution is -0.142. The van der Waals surface area contributed by atoms with Gasteiger partial charge < -0.3 is 10.4 Å². The molecule has 1 aromatic carbocycles. The van der Waals surface area contributed by atoms with Crippen LogP contribution in [0.25, 0.3) is 0 Å². The molecule has 0 fully saturated rings. The summed E-state index contributed by atoms with van der Waals surface area (Å²) in [6.45, 7) is 0. The molecule has 1 aliphatic rings. The Labute approximate surface area is 143 Å². The highest BCUT2D eigenvalue weighted by molar-refractivity contribution is 7.80. The Balaban J connectivity index is 2.23. The second kappa shape index (κ2) is 8.96. The molecule has 126 valence electrons. The van der Waals surface area contributed by atoms with Crippen molar-refractivity contribution in [3.05, 3.63) is 35.4 Å². The molecule has 1 heterocycles. The Morgan fingerprint density at radius 1 is 1.17 bits per heavy atom. The minimum absolute atomic E-state index is 0.191. The van der Waals surface area contributed by atoms with Gasteiger partial charge in [0.25, 0.3) is 0 Å². The normalized spacial score (nSPS) is 23.6. The number of aryl methyl sites for hydroxylation is 1. The summed E-state index contributed by atoms with van der Waals surface area (Å²) in [5.74, 6) is -0.935. The van der Waals surface area contributed by atoms with E-state index in [4.69, 9.17) is 0 Å². The van der Waals surface area contributed by atoms with E-state index < -0.39 is 12.0 Å². The van der Waals surface area contributed by atoms with Gasteiger partial charge in [-0.3, -0.25) is 4.79 Å². The van der Waals surface area contributed by atoms with Crippen molar-refractivity contribution < 1.29 is 14.7 Å². The number of carboxylic acids is 1. The molecule has 5 heteroatoms. The molecule has 0 saturated carbocycles. The van der Waals surface area contributed by atoms with Crippen molar-refractivity contribution in [1.29, 1.82) is 0 Å². The molecular formula is C18H25NO3S. The maximum atomic E-state index is 12.4. The summed E-state index contributed by atoms with van der Waals surface area (Å²) in [5, 5.41) is 12.2. The van der Waals surface area contributed by atoms with E-state index in [1.54, 1.807) is 0 Å². The molecule has 1 aliphatic heterocycles. The van der Waals surface area contributed by atoms with Gasteiger partial charge in [-0.05, 0) is 30.4 Å². The van der Waals surface area contributed by atoms with E-state index in [9.17, 15) is 14.7 Å². The minimum atomic E-state index is -0.985. The van der Waals surface area contributed by atoms with E-state index >= 15 is 0 Å². The third-order valence-electron chi connectivity index (χ3n) is 4.50. The highest BCUT2D eigenvalue weighted by atomic mass is 32.1. The van der Waals surface area contributed by atoms with Crippen molar-refractivity contribution in [3.63, 3.8) is 0 Å². The summed E-state index contributed by atoms with van der Waals surface area (Å²) >= 11 is 4.26. The lowest BCUT2D eigenvalue weighted by Gasteiger charge is -2.20. The van der Waals surface area contributed by atoms with E-state index in [1.165, 1.54) is 5.56 Å². The van der Waals surface area contributed by atoms with Crippen molar-refractivity contribution in [1.82, 2.24) is 5.32 Å². The lowest BCUT2D eigenvalue weighted by atomic mass is 9.96. The second-order valence-electron chi connectivity index (χ2n) is 6.20. The molecule has 0 spiro atoms. The average Bonchev–Trinajstić information content (AvgIpc) is 2.55. The van der Waals surface area contributed by atoms with Gasteiger partial charge in [0, 0.05) is 18.1 Å². The SMILES string of the molecule is O=C1N[C@H](C(=O)O)Cc2ccccc2CCCCCC[C@H]1CS. The van der Waals surface area contributed by atoms with Crippen LogP contribution in [-0.2, 0) is 22.4 Å². The summed E-state index contributed by atoms with van der Waals surface area (Å²) < 4.78 is 0. The zero-order valence-electron chi connectivity index (χ0n) is 13.3. The van der Waals surface area contributed by atoms with Gasteiger partial charge in [-0.25, -0.2) is 4.79 Å². The number of hydrogen-bond donors (Lipinski definition) is 3. The van der Waals surface area contributed by atoms with Crippen LogP contribution < -0.4 is 5.32 Å². The van der Waals surface area contributed by atoms with Gasteiger partial charge in [0.05, 0.1) is 0 Å². The molecule has 1 amide bonds. The number of fused-ring (bicyclic) bond motifs is 1. The van der Waals surface area contributed by atoms with Gasteiger partial charge in [-0.2, -0.15) is 12.6 Å². The first-order chi connectivity index (χ1) is 11.1. The molecule has 0 radical (unpaired) electrons. The predicted octanol–water partition coefficient (Wildman–Crippen LogP) is 2.85. The smallest absolute Gasteiger partial charge is 0.326 e. The van der Waals surface area contributed by atoms with Crippen molar-refractivity contribution in [2.75, 3.05) is 5.75 Å². The maximum Gasteiger partial charge on any atom is 0.326 e. The Bertz CT molecular complexity index is 547. The number of carbonyl (C=O) groups excluding carboxylic acids is 1. The number of amides is 1. The number of aliphatic carboxylic acids is 1. The first-order valence-electron chi connectivity index (χ1n) is 8.32. The van der Waals surface area contributed by atoms with Crippen molar-refractivity contribution in [3.8, 4) is 0 Å². The highest BCUT2D eigenvalue weighted by Crippen LogP contribution is 2.19. The van der Waals surface area contributed by atoms with E-state index in [0.717, 1.165) is 44.1 Å². The standard InChI is InChI=1S/C18H25NO3S/c20-17-15(12-23)10-4-2-1-3-7-13-8-5-6-9-14(13)11-16(19-17)18(21)22/h5-6,8-9,15-16,23H,1-4,7,10-12H2,(H,19,20)(H,21,22)/t15-,16-/m0/s1. The Morgan fingerprint density at radius 3 is 2.57 bits per heavy atom. The Morgan fingerprint density at radius 2 is 1.87 bits per heavy atom.